The fourth-order valence-corrected chi connectivity index (χ4v) is 3.12. The van der Waals surface area contributed by atoms with E-state index in [0.29, 0.717) is 12.0 Å². The summed E-state index contributed by atoms with van der Waals surface area (Å²) < 4.78 is 3.82. The van der Waals surface area contributed by atoms with Gasteiger partial charge in [-0.1, -0.05) is 0 Å². The first-order chi connectivity index (χ1) is 9.18. The van der Waals surface area contributed by atoms with Crippen LogP contribution in [0.4, 0.5) is 0 Å². The highest BCUT2D eigenvalue weighted by molar-refractivity contribution is 5.79. The lowest BCUT2D eigenvalue weighted by atomic mass is 9.92. The van der Waals surface area contributed by atoms with Gasteiger partial charge in [0, 0.05) is 30.9 Å². The molecule has 0 aromatic carbocycles. The SMILES string of the molecule is CC(C1CCCNC1)n1ccc2ccn(C)c(=O)c21. The van der Waals surface area contributed by atoms with Crippen molar-refractivity contribution in [1.29, 1.82) is 0 Å². The minimum Gasteiger partial charge on any atom is -0.340 e. The van der Waals surface area contributed by atoms with Gasteiger partial charge in [0.05, 0.1) is 0 Å². The number of hydrogen-bond acceptors (Lipinski definition) is 2. The molecule has 0 saturated carbocycles. The van der Waals surface area contributed by atoms with Crippen LogP contribution >= 0.6 is 0 Å². The minimum absolute atomic E-state index is 0.0955. The first kappa shape index (κ1) is 12.5. The zero-order chi connectivity index (χ0) is 13.4. The van der Waals surface area contributed by atoms with Crippen molar-refractivity contribution >= 4 is 10.9 Å². The molecular weight excluding hydrogens is 238 g/mol. The van der Waals surface area contributed by atoms with Crippen molar-refractivity contribution in [2.75, 3.05) is 13.1 Å². The van der Waals surface area contributed by atoms with Crippen LogP contribution in [0, 0.1) is 5.92 Å². The van der Waals surface area contributed by atoms with Crippen molar-refractivity contribution in [3.05, 3.63) is 34.9 Å². The predicted molar refractivity (Wildman–Crippen MR) is 77.5 cm³/mol. The second kappa shape index (κ2) is 4.85. The molecule has 1 aliphatic heterocycles. The summed E-state index contributed by atoms with van der Waals surface area (Å²) in [6, 6.07) is 4.42. The van der Waals surface area contributed by atoms with Crippen molar-refractivity contribution in [2.45, 2.75) is 25.8 Å². The van der Waals surface area contributed by atoms with Crippen molar-refractivity contribution in [2.24, 2.45) is 13.0 Å². The van der Waals surface area contributed by atoms with Crippen LogP contribution in [-0.4, -0.2) is 22.2 Å². The third-order valence-electron chi connectivity index (χ3n) is 4.40. The third-order valence-corrected chi connectivity index (χ3v) is 4.40. The van der Waals surface area contributed by atoms with Gasteiger partial charge in [0.2, 0.25) is 0 Å². The molecular formula is C15H21N3O. The lowest BCUT2D eigenvalue weighted by molar-refractivity contribution is 0.284. The summed E-state index contributed by atoms with van der Waals surface area (Å²) in [5.74, 6) is 0.606. The van der Waals surface area contributed by atoms with Crippen LogP contribution < -0.4 is 10.9 Å². The number of aryl methyl sites for hydroxylation is 1. The average Bonchev–Trinajstić information content (AvgIpc) is 2.88. The van der Waals surface area contributed by atoms with E-state index in [2.05, 4.69) is 23.0 Å². The van der Waals surface area contributed by atoms with Gasteiger partial charge in [-0.05, 0) is 50.9 Å². The highest BCUT2D eigenvalue weighted by Crippen LogP contribution is 2.27. The molecule has 0 spiro atoms. The molecule has 2 aromatic heterocycles. The fourth-order valence-electron chi connectivity index (χ4n) is 3.12. The van der Waals surface area contributed by atoms with E-state index in [4.69, 9.17) is 0 Å². The van der Waals surface area contributed by atoms with Gasteiger partial charge in [-0.25, -0.2) is 0 Å². The Labute approximate surface area is 113 Å². The maximum atomic E-state index is 12.3. The van der Waals surface area contributed by atoms with E-state index in [9.17, 15) is 4.79 Å². The molecule has 0 bridgehead atoms. The number of aromatic nitrogens is 2. The molecule has 1 N–H and O–H groups in total. The number of nitrogens with zero attached hydrogens (tertiary/aromatic N) is 2. The highest BCUT2D eigenvalue weighted by Gasteiger charge is 2.22. The molecule has 0 radical (unpaired) electrons. The van der Waals surface area contributed by atoms with Crippen LogP contribution in [0.15, 0.2) is 29.3 Å². The quantitative estimate of drug-likeness (QED) is 0.894. The highest BCUT2D eigenvalue weighted by atomic mass is 16.1. The molecule has 0 amide bonds. The molecule has 1 fully saturated rings. The van der Waals surface area contributed by atoms with Gasteiger partial charge in [-0.15, -0.1) is 0 Å². The Morgan fingerprint density at radius 2 is 2.16 bits per heavy atom. The minimum atomic E-state index is 0.0955. The Morgan fingerprint density at radius 3 is 2.89 bits per heavy atom. The zero-order valence-electron chi connectivity index (χ0n) is 11.6. The Balaban J connectivity index is 2.04. The van der Waals surface area contributed by atoms with E-state index in [1.165, 1.54) is 12.8 Å². The zero-order valence-corrected chi connectivity index (χ0v) is 11.6. The van der Waals surface area contributed by atoms with Crippen LogP contribution in [0.5, 0.6) is 0 Å². The fraction of sp³-hybridized carbons (Fsp3) is 0.533. The third kappa shape index (κ3) is 2.10. The maximum Gasteiger partial charge on any atom is 0.274 e. The Morgan fingerprint density at radius 1 is 1.37 bits per heavy atom. The summed E-state index contributed by atoms with van der Waals surface area (Å²) >= 11 is 0. The predicted octanol–water partition coefficient (Wildman–Crippen LogP) is 1.90. The van der Waals surface area contributed by atoms with E-state index in [1.54, 1.807) is 4.57 Å². The average molecular weight is 259 g/mol. The first-order valence-corrected chi connectivity index (χ1v) is 7.05. The van der Waals surface area contributed by atoms with E-state index in [1.807, 2.05) is 25.4 Å². The first-order valence-electron chi connectivity index (χ1n) is 7.05. The second-order valence-electron chi connectivity index (χ2n) is 5.61. The number of hydrogen-bond donors (Lipinski definition) is 1. The largest absolute Gasteiger partial charge is 0.340 e. The van der Waals surface area contributed by atoms with Crippen LogP contribution in [-0.2, 0) is 7.05 Å². The summed E-state index contributed by atoms with van der Waals surface area (Å²) in [5.41, 5.74) is 0.932. The molecule has 102 valence electrons. The standard InChI is InChI=1S/C15H21N3O/c1-11(13-4-3-7-16-10-13)18-9-6-12-5-8-17(2)15(19)14(12)18/h5-6,8-9,11,13,16H,3-4,7,10H2,1-2H3. The van der Waals surface area contributed by atoms with Gasteiger partial charge in [-0.3, -0.25) is 4.79 Å². The van der Waals surface area contributed by atoms with Gasteiger partial charge in [0.25, 0.3) is 5.56 Å². The second-order valence-corrected chi connectivity index (χ2v) is 5.61. The Bertz CT molecular complexity index is 634. The van der Waals surface area contributed by atoms with E-state index >= 15 is 0 Å². The maximum absolute atomic E-state index is 12.3. The molecule has 2 aromatic rings. The van der Waals surface area contributed by atoms with E-state index in [0.717, 1.165) is 24.0 Å². The Kier molecular flexibility index (Phi) is 3.19. The van der Waals surface area contributed by atoms with Crippen LogP contribution in [0.25, 0.3) is 10.9 Å². The summed E-state index contributed by atoms with van der Waals surface area (Å²) in [7, 11) is 1.81. The topological polar surface area (TPSA) is 39.0 Å². The lowest BCUT2D eigenvalue weighted by Gasteiger charge is -2.29. The smallest absolute Gasteiger partial charge is 0.274 e. The van der Waals surface area contributed by atoms with E-state index in [-0.39, 0.29) is 5.56 Å². The number of nitrogens with one attached hydrogen (secondary N) is 1. The number of piperidine rings is 1. The molecule has 19 heavy (non-hydrogen) atoms. The number of fused-ring (bicyclic) bond motifs is 1. The lowest BCUT2D eigenvalue weighted by Crippen LogP contribution is -2.34. The van der Waals surface area contributed by atoms with Crippen molar-refractivity contribution in [3.63, 3.8) is 0 Å². The molecule has 4 nitrogen and oxygen atoms in total. The summed E-state index contributed by atoms with van der Waals surface area (Å²) in [6.45, 7) is 4.40. The van der Waals surface area contributed by atoms with Gasteiger partial charge >= 0.3 is 0 Å². The molecule has 2 atom stereocenters. The Hall–Kier alpha value is -1.55. The molecule has 3 rings (SSSR count). The monoisotopic (exact) mass is 259 g/mol. The number of pyridine rings is 1. The van der Waals surface area contributed by atoms with Gasteiger partial charge in [-0.2, -0.15) is 0 Å². The van der Waals surface area contributed by atoms with Gasteiger partial charge in [0.15, 0.2) is 0 Å². The normalized spacial score (nSPS) is 21.7. The summed E-state index contributed by atoms with van der Waals surface area (Å²) in [6.07, 6.45) is 6.36. The molecule has 4 heteroatoms. The van der Waals surface area contributed by atoms with Gasteiger partial charge < -0.3 is 14.5 Å². The van der Waals surface area contributed by atoms with Crippen LogP contribution in [0.3, 0.4) is 0 Å². The van der Waals surface area contributed by atoms with Gasteiger partial charge in [0.1, 0.15) is 5.52 Å². The van der Waals surface area contributed by atoms with Crippen molar-refractivity contribution in [1.82, 2.24) is 14.5 Å². The molecule has 3 heterocycles. The molecule has 1 saturated heterocycles. The molecule has 1 aliphatic rings. The summed E-state index contributed by atoms with van der Waals surface area (Å²) in [5, 5.41) is 4.50. The van der Waals surface area contributed by atoms with Crippen molar-refractivity contribution in [3.8, 4) is 0 Å². The van der Waals surface area contributed by atoms with Crippen LogP contribution in [0.2, 0.25) is 0 Å². The summed E-state index contributed by atoms with van der Waals surface area (Å²) in [4.78, 5) is 12.3. The molecule has 0 aliphatic carbocycles. The van der Waals surface area contributed by atoms with Crippen molar-refractivity contribution < 1.29 is 0 Å². The van der Waals surface area contributed by atoms with Crippen LogP contribution in [0.1, 0.15) is 25.8 Å². The number of rotatable bonds is 2. The molecule has 2 unspecified atom stereocenters. The van der Waals surface area contributed by atoms with E-state index < -0.39 is 0 Å².